The molecule has 0 heterocycles. The fraction of sp³-hybridized carbons (Fsp3) is 0.581. The Morgan fingerprint density at radius 3 is 1.92 bits per heavy atom. The minimum absolute atomic E-state index is 0.0120. The number of hydrogen-bond donors (Lipinski definition) is 1. The summed E-state index contributed by atoms with van der Waals surface area (Å²) >= 11 is 0. The molecule has 1 fully saturated rings. The number of carbonyl (C=O) groups excluding carboxylic acids is 5. The average molecular weight is 543 g/mol. The number of ether oxygens (including phenoxy) is 2. The number of allylic oxidation sites excluding steroid dienone is 6. The van der Waals surface area contributed by atoms with Crippen LogP contribution in [-0.2, 0) is 33.4 Å². The first kappa shape index (κ1) is 31.9. The first-order valence-corrected chi connectivity index (χ1v) is 13.2. The Kier molecular flexibility index (Phi) is 9.69. The highest BCUT2D eigenvalue weighted by atomic mass is 16.5. The Hall–Kier alpha value is -3.29. The zero-order valence-electron chi connectivity index (χ0n) is 24.5. The molecule has 8 nitrogen and oxygen atoms in total. The van der Waals surface area contributed by atoms with Gasteiger partial charge >= 0.3 is 11.9 Å². The number of aliphatic hydroxyl groups is 1. The number of methoxy groups -OCH3 is 2. The zero-order valence-corrected chi connectivity index (χ0v) is 24.5. The number of esters is 2. The van der Waals surface area contributed by atoms with Crippen molar-refractivity contribution in [2.24, 2.45) is 22.2 Å². The summed E-state index contributed by atoms with van der Waals surface area (Å²) in [4.78, 5) is 68.2. The standard InChI is InChI=1S/C31H42O8/c1-18(2)10-12-30-16-29(28(37)39-9,15-21(7)26(35)38-8)17-31(27(30)36,13-11-19(3)4)25(34)23(24(30)33)22(32)14-20(5)6/h10-11,20,33H,7,12-17H2,1-6,8-9H3/t29-,30+,31-/m1/s1. The second-order valence-corrected chi connectivity index (χ2v) is 11.9. The molecule has 39 heavy (non-hydrogen) atoms. The molecule has 0 radical (unpaired) electrons. The van der Waals surface area contributed by atoms with Gasteiger partial charge in [0.1, 0.15) is 11.3 Å². The Balaban J connectivity index is 3.04. The highest BCUT2D eigenvalue weighted by molar-refractivity contribution is 6.31. The van der Waals surface area contributed by atoms with Crippen LogP contribution >= 0.6 is 0 Å². The molecular formula is C31H42O8. The van der Waals surface area contributed by atoms with Gasteiger partial charge in [-0.15, -0.1) is 0 Å². The highest BCUT2D eigenvalue weighted by Crippen LogP contribution is 2.63. The van der Waals surface area contributed by atoms with E-state index in [1.165, 1.54) is 14.2 Å². The predicted molar refractivity (Wildman–Crippen MR) is 147 cm³/mol. The first-order valence-electron chi connectivity index (χ1n) is 13.2. The van der Waals surface area contributed by atoms with Crippen molar-refractivity contribution in [3.63, 3.8) is 0 Å². The van der Waals surface area contributed by atoms with Crippen LogP contribution in [-0.4, -0.2) is 48.6 Å². The summed E-state index contributed by atoms with van der Waals surface area (Å²) in [5.74, 6) is -4.04. The third kappa shape index (κ3) is 5.85. The van der Waals surface area contributed by atoms with Crippen molar-refractivity contribution in [3.8, 4) is 0 Å². The van der Waals surface area contributed by atoms with E-state index in [9.17, 15) is 29.1 Å². The van der Waals surface area contributed by atoms with Gasteiger partial charge in [0.25, 0.3) is 0 Å². The smallest absolute Gasteiger partial charge is 0.333 e. The second kappa shape index (κ2) is 11.8. The highest BCUT2D eigenvalue weighted by Gasteiger charge is 2.70. The van der Waals surface area contributed by atoms with Crippen LogP contribution in [0.3, 0.4) is 0 Å². The number of aliphatic hydroxyl groups excluding tert-OH is 1. The number of fused-ring (bicyclic) bond motifs is 2. The molecule has 214 valence electrons. The SMILES string of the molecule is C=C(C[C@]1(C(=O)OC)C[C@]2(CC=C(C)C)C(=O)C(C(=O)CC(C)C)=C(O)[C@](CC=C(C)C)(C1)C2=O)C(=O)OC. The topological polar surface area (TPSA) is 124 Å². The van der Waals surface area contributed by atoms with Crippen LogP contribution in [0.4, 0.5) is 0 Å². The average Bonchev–Trinajstić information content (AvgIpc) is 2.85. The summed E-state index contributed by atoms with van der Waals surface area (Å²) in [6.45, 7) is 14.7. The molecule has 0 spiro atoms. The number of hydrogen-bond acceptors (Lipinski definition) is 8. The van der Waals surface area contributed by atoms with Gasteiger partial charge in [0.2, 0.25) is 0 Å². The number of carbonyl (C=O) groups is 5. The van der Waals surface area contributed by atoms with Gasteiger partial charge in [-0.1, -0.05) is 43.7 Å². The summed E-state index contributed by atoms with van der Waals surface area (Å²) < 4.78 is 10.0. The van der Waals surface area contributed by atoms with Crippen LogP contribution in [0.25, 0.3) is 0 Å². The molecule has 0 unspecified atom stereocenters. The van der Waals surface area contributed by atoms with Crippen LogP contribution in [0.2, 0.25) is 0 Å². The van der Waals surface area contributed by atoms with Crippen LogP contribution < -0.4 is 0 Å². The fourth-order valence-electron chi connectivity index (χ4n) is 5.99. The van der Waals surface area contributed by atoms with Crippen molar-refractivity contribution in [3.05, 3.63) is 46.8 Å². The van der Waals surface area contributed by atoms with Crippen LogP contribution in [0.1, 0.15) is 80.1 Å². The molecule has 0 aromatic rings. The van der Waals surface area contributed by atoms with Crippen LogP contribution in [0.15, 0.2) is 46.8 Å². The lowest BCUT2D eigenvalue weighted by Crippen LogP contribution is -2.63. The third-order valence-electron chi connectivity index (χ3n) is 7.74. The Bertz CT molecular complexity index is 1170. The summed E-state index contributed by atoms with van der Waals surface area (Å²) in [5, 5.41) is 11.7. The molecular weight excluding hydrogens is 500 g/mol. The van der Waals surface area contributed by atoms with E-state index in [4.69, 9.17) is 9.47 Å². The third-order valence-corrected chi connectivity index (χ3v) is 7.74. The predicted octanol–water partition coefficient (Wildman–Crippen LogP) is 5.32. The van der Waals surface area contributed by atoms with Gasteiger partial charge in [-0.25, -0.2) is 4.79 Å². The number of Topliss-reactive ketones (excluding diaryl/α,β-unsaturated/α-hetero) is 3. The van der Waals surface area contributed by atoms with Crippen molar-refractivity contribution in [1.82, 2.24) is 0 Å². The molecule has 0 aromatic heterocycles. The van der Waals surface area contributed by atoms with Gasteiger partial charge in [-0.3, -0.25) is 19.2 Å². The molecule has 8 heteroatoms. The van der Waals surface area contributed by atoms with E-state index in [1.54, 1.807) is 12.2 Å². The normalized spacial score (nSPS) is 26.2. The summed E-state index contributed by atoms with van der Waals surface area (Å²) in [5.41, 5.74) is -3.87. The van der Waals surface area contributed by atoms with Gasteiger partial charge in [-0.2, -0.15) is 0 Å². The number of rotatable bonds is 11. The molecule has 2 aliphatic carbocycles. The van der Waals surface area contributed by atoms with E-state index in [0.29, 0.717) is 0 Å². The van der Waals surface area contributed by atoms with E-state index in [1.807, 2.05) is 41.5 Å². The molecule has 0 aliphatic heterocycles. The van der Waals surface area contributed by atoms with Gasteiger partial charge in [0.15, 0.2) is 17.3 Å². The van der Waals surface area contributed by atoms with Gasteiger partial charge < -0.3 is 14.6 Å². The van der Waals surface area contributed by atoms with E-state index in [-0.39, 0.29) is 55.6 Å². The molecule has 2 rings (SSSR count). The molecule has 0 amide bonds. The lowest BCUT2D eigenvalue weighted by atomic mass is 9.44. The summed E-state index contributed by atoms with van der Waals surface area (Å²) in [6, 6.07) is 0. The van der Waals surface area contributed by atoms with Crippen molar-refractivity contribution in [1.29, 1.82) is 0 Å². The molecule has 0 aromatic carbocycles. The molecule has 1 saturated carbocycles. The first-order chi connectivity index (χ1) is 18.0. The molecule has 0 saturated heterocycles. The minimum Gasteiger partial charge on any atom is -0.510 e. The van der Waals surface area contributed by atoms with Crippen LogP contribution in [0, 0.1) is 22.2 Å². The van der Waals surface area contributed by atoms with Crippen molar-refractivity contribution in [2.45, 2.75) is 80.1 Å². The molecule has 1 N–H and O–H groups in total. The van der Waals surface area contributed by atoms with Crippen molar-refractivity contribution < 1.29 is 38.6 Å². The minimum atomic E-state index is -1.83. The maximum absolute atomic E-state index is 14.5. The maximum Gasteiger partial charge on any atom is 0.333 e. The maximum atomic E-state index is 14.5. The Labute approximate surface area is 231 Å². The van der Waals surface area contributed by atoms with Crippen molar-refractivity contribution in [2.75, 3.05) is 14.2 Å². The zero-order chi connectivity index (χ0) is 29.9. The summed E-state index contributed by atoms with van der Waals surface area (Å²) in [7, 11) is 2.38. The molecule has 3 atom stereocenters. The largest absolute Gasteiger partial charge is 0.510 e. The fourth-order valence-corrected chi connectivity index (χ4v) is 5.99. The lowest BCUT2D eigenvalue weighted by Gasteiger charge is -2.55. The van der Waals surface area contributed by atoms with E-state index in [2.05, 4.69) is 6.58 Å². The van der Waals surface area contributed by atoms with E-state index < -0.39 is 51.3 Å². The molecule has 2 aliphatic rings. The number of ketones is 3. The molecule has 2 bridgehead atoms. The Morgan fingerprint density at radius 1 is 0.949 bits per heavy atom. The Morgan fingerprint density at radius 2 is 1.46 bits per heavy atom. The van der Waals surface area contributed by atoms with E-state index in [0.717, 1.165) is 11.1 Å². The van der Waals surface area contributed by atoms with E-state index >= 15 is 0 Å². The van der Waals surface area contributed by atoms with Crippen molar-refractivity contribution >= 4 is 29.3 Å². The van der Waals surface area contributed by atoms with Crippen LogP contribution in [0.5, 0.6) is 0 Å². The van der Waals surface area contributed by atoms with Gasteiger partial charge in [0.05, 0.1) is 30.5 Å². The second-order valence-electron chi connectivity index (χ2n) is 11.9. The van der Waals surface area contributed by atoms with Gasteiger partial charge in [0, 0.05) is 12.0 Å². The summed E-state index contributed by atoms with van der Waals surface area (Å²) in [6.07, 6.45) is 2.58. The quantitative estimate of drug-likeness (QED) is 0.122. The lowest BCUT2D eigenvalue weighted by molar-refractivity contribution is -0.172. The van der Waals surface area contributed by atoms with Gasteiger partial charge in [-0.05, 0) is 65.7 Å². The monoisotopic (exact) mass is 542 g/mol.